The van der Waals surface area contributed by atoms with Crippen molar-refractivity contribution in [3.05, 3.63) is 41.4 Å². The number of carbonyl (C=O) groups is 1. The third-order valence-corrected chi connectivity index (χ3v) is 3.80. The number of rotatable bonds is 6. The van der Waals surface area contributed by atoms with Crippen LogP contribution in [0.3, 0.4) is 0 Å². The van der Waals surface area contributed by atoms with Gasteiger partial charge in [0.2, 0.25) is 11.1 Å². The molecular formula is C13H14ClN5OS. The second kappa shape index (κ2) is 7.24. The summed E-state index contributed by atoms with van der Waals surface area (Å²) in [6.45, 7) is 6.04. The van der Waals surface area contributed by atoms with Crippen molar-refractivity contribution < 1.29 is 4.79 Å². The van der Waals surface area contributed by atoms with Crippen LogP contribution in [0.25, 0.3) is 0 Å². The summed E-state index contributed by atoms with van der Waals surface area (Å²) in [6.07, 6.45) is 1.69. The molecule has 2 rings (SSSR count). The number of halogens is 1. The molecule has 0 spiro atoms. The van der Waals surface area contributed by atoms with E-state index in [0.29, 0.717) is 22.4 Å². The monoisotopic (exact) mass is 323 g/mol. The third kappa shape index (κ3) is 4.30. The molecule has 6 nitrogen and oxygen atoms in total. The van der Waals surface area contributed by atoms with Gasteiger partial charge in [-0.05, 0) is 35.0 Å². The van der Waals surface area contributed by atoms with Gasteiger partial charge in [-0.1, -0.05) is 35.5 Å². The lowest BCUT2D eigenvalue weighted by Crippen LogP contribution is -2.15. The zero-order valence-corrected chi connectivity index (χ0v) is 13.0. The van der Waals surface area contributed by atoms with Crippen LogP contribution < -0.4 is 5.32 Å². The smallest absolute Gasteiger partial charge is 0.234 e. The van der Waals surface area contributed by atoms with Gasteiger partial charge in [-0.15, -0.1) is 11.7 Å². The second-order valence-corrected chi connectivity index (χ2v) is 5.61. The molecule has 21 heavy (non-hydrogen) atoms. The van der Waals surface area contributed by atoms with Gasteiger partial charge in [0.15, 0.2) is 0 Å². The number of hydrogen-bond acceptors (Lipinski definition) is 5. The lowest BCUT2D eigenvalue weighted by atomic mass is 10.2. The van der Waals surface area contributed by atoms with E-state index < -0.39 is 0 Å². The fourth-order valence-corrected chi connectivity index (χ4v) is 2.44. The quantitative estimate of drug-likeness (QED) is 0.653. The first-order valence-corrected chi connectivity index (χ1v) is 7.52. The number of thioether (sulfide) groups is 1. The van der Waals surface area contributed by atoms with Crippen LogP contribution >= 0.6 is 23.4 Å². The third-order valence-electron chi connectivity index (χ3n) is 2.61. The first kappa shape index (κ1) is 15.5. The van der Waals surface area contributed by atoms with Gasteiger partial charge in [0.25, 0.3) is 0 Å². The van der Waals surface area contributed by atoms with Crippen LogP contribution in [0.1, 0.15) is 5.56 Å². The van der Waals surface area contributed by atoms with Crippen LogP contribution in [-0.2, 0) is 11.3 Å². The van der Waals surface area contributed by atoms with E-state index in [2.05, 4.69) is 27.4 Å². The molecule has 0 saturated heterocycles. The van der Waals surface area contributed by atoms with Crippen molar-refractivity contribution in [2.75, 3.05) is 11.1 Å². The molecule has 0 aliphatic heterocycles. The normalized spacial score (nSPS) is 10.4. The Balaban J connectivity index is 1.94. The highest BCUT2D eigenvalue weighted by Gasteiger charge is 2.10. The van der Waals surface area contributed by atoms with E-state index in [-0.39, 0.29) is 11.7 Å². The Morgan fingerprint density at radius 3 is 3.14 bits per heavy atom. The van der Waals surface area contributed by atoms with Crippen molar-refractivity contribution in [2.45, 2.75) is 18.6 Å². The second-order valence-electron chi connectivity index (χ2n) is 4.23. The molecule has 0 fully saturated rings. The molecule has 0 aliphatic carbocycles. The first-order chi connectivity index (χ1) is 10.1. The van der Waals surface area contributed by atoms with Crippen LogP contribution in [0.2, 0.25) is 5.02 Å². The Hall–Kier alpha value is -1.86. The summed E-state index contributed by atoms with van der Waals surface area (Å²) in [7, 11) is 0. The summed E-state index contributed by atoms with van der Waals surface area (Å²) in [5.74, 6) is 0.0715. The molecule has 0 bridgehead atoms. The maximum atomic E-state index is 12.0. The van der Waals surface area contributed by atoms with E-state index in [1.807, 2.05) is 13.0 Å². The van der Waals surface area contributed by atoms with E-state index >= 15 is 0 Å². The van der Waals surface area contributed by atoms with Crippen LogP contribution in [-0.4, -0.2) is 31.9 Å². The molecule has 1 N–H and O–H groups in total. The Bertz CT molecular complexity index is 658. The summed E-state index contributed by atoms with van der Waals surface area (Å²) in [5, 5.41) is 15.2. The minimum atomic E-state index is -0.140. The number of nitrogens with one attached hydrogen (secondary N) is 1. The number of benzene rings is 1. The first-order valence-electron chi connectivity index (χ1n) is 6.16. The Kier molecular flexibility index (Phi) is 5.35. The van der Waals surface area contributed by atoms with E-state index in [1.165, 1.54) is 11.8 Å². The number of anilines is 1. The van der Waals surface area contributed by atoms with Crippen LogP contribution in [0, 0.1) is 6.92 Å². The number of allylic oxidation sites excluding steroid dienone is 1. The number of carbonyl (C=O) groups excluding carboxylic acids is 1. The number of nitrogens with zero attached hydrogens (tertiary/aromatic N) is 4. The Labute approximate surface area is 131 Å². The zero-order chi connectivity index (χ0) is 15.2. The molecule has 0 saturated carbocycles. The van der Waals surface area contributed by atoms with E-state index in [4.69, 9.17) is 11.6 Å². The number of aromatic nitrogens is 4. The summed E-state index contributed by atoms with van der Waals surface area (Å²) < 4.78 is 1.58. The molecule has 8 heteroatoms. The highest BCUT2D eigenvalue weighted by atomic mass is 35.5. The van der Waals surface area contributed by atoms with E-state index in [1.54, 1.807) is 22.9 Å². The molecule has 0 aliphatic rings. The predicted octanol–water partition coefficient (Wildman–Crippen LogP) is 2.55. The maximum absolute atomic E-state index is 12.0. The lowest BCUT2D eigenvalue weighted by molar-refractivity contribution is -0.113. The van der Waals surface area contributed by atoms with Gasteiger partial charge in [0.1, 0.15) is 0 Å². The largest absolute Gasteiger partial charge is 0.325 e. The molecule has 0 atom stereocenters. The summed E-state index contributed by atoms with van der Waals surface area (Å²) in [4.78, 5) is 12.0. The summed E-state index contributed by atoms with van der Waals surface area (Å²) in [5.41, 5.74) is 1.66. The molecule has 1 aromatic heterocycles. The highest BCUT2D eigenvalue weighted by molar-refractivity contribution is 7.99. The minimum Gasteiger partial charge on any atom is -0.325 e. The minimum absolute atomic E-state index is 0.140. The lowest BCUT2D eigenvalue weighted by Gasteiger charge is -2.08. The molecule has 1 heterocycles. The fraction of sp³-hybridized carbons (Fsp3) is 0.231. The van der Waals surface area contributed by atoms with Crippen molar-refractivity contribution in [1.29, 1.82) is 0 Å². The predicted molar refractivity (Wildman–Crippen MR) is 83.6 cm³/mol. The van der Waals surface area contributed by atoms with Gasteiger partial charge in [0.05, 0.1) is 12.3 Å². The SMILES string of the molecule is C=CCn1nnnc1SCC(=O)Nc1cc(Cl)ccc1C. The molecule has 0 radical (unpaired) electrons. The van der Waals surface area contributed by atoms with Gasteiger partial charge in [-0.3, -0.25) is 4.79 Å². The van der Waals surface area contributed by atoms with Crippen molar-refractivity contribution >= 4 is 35.0 Å². The molecule has 1 amide bonds. The fourth-order valence-electron chi connectivity index (χ4n) is 1.58. The van der Waals surface area contributed by atoms with Gasteiger partial charge in [-0.25, -0.2) is 4.68 Å². The van der Waals surface area contributed by atoms with Gasteiger partial charge in [0, 0.05) is 10.7 Å². The van der Waals surface area contributed by atoms with Crippen LogP contribution in [0.15, 0.2) is 36.0 Å². The van der Waals surface area contributed by atoms with Crippen LogP contribution in [0.5, 0.6) is 0 Å². The number of aryl methyl sites for hydroxylation is 1. The maximum Gasteiger partial charge on any atom is 0.234 e. The molecule has 110 valence electrons. The topological polar surface area (TPSA) is 72.7 Å². The molecule has 0 unspecified atom stereocenters. The van der Waals surface area contributed by atoms with E-state index in [9.17, 15) is 4.79 Å². The highest BCUT2D eigenvalue weighted by Crippen LogP contribution is 2.21. The Morgan fingerprint density at radius 1 is 1.57 bits per heavy atom. The molecular weight excluding hydrogens is 310 g/mol. The van der Waals surface area contributed by atoms with Gasteiger partial charge in [-0.2, -0.15) is 0 Å². The van der Waals surface area contributed by atoms with Gasteiger partial charge >= 0.3 is 0 Å². The average molecular weight is 324 g/mol. The zero-order valence-electron chi connectivity index (χ0n) is 11.4. The molecule has 1 aromatic carbocycles. The number of amides is 1. The Morgan fingerprint density at radius 2 is 2.38 bits per heavy atom. The standard InChI is InChI=1S/C13H14ClN5OS/c1-3-6-19-13(16-17-18-19)21-8-12(20)15-11-7-10(14)5-4-9(11)2/h3-5,7H,1,6,8H2,2H3,(H,15,20). The summed E-state index contributed by atoms with van der Waals surface area (Å²) in [6, 6.07) is 5.36. The van der Waals surface area contributed by atoms with E-state index in [0.717, 1.165) is 5.56 Å². The van der Waals surface area contributed by atoms with Gasteiger partial charge < -0.3 is 5.32 Å². The van der Waals surface area contributed by atoms with Crippen molar-refractivity contribution in [3.63, 3.8) is 0 Å². The van der Waals surface area contributed by atoms with Crippen molar-refractivity contribution in [3.8, 4) is 0 Å². The van der Waals surface area contributed by atoms with Crippen molar-refractivity contribution in [2.24, 2.45) is 0 Å². The number of hydrogen-bond donors (Lipinski definition) is 1. The summed E-state index contributed by atoms with van der Waals surface area (Å²) >= 11 is 7.18. The van der Waals surface area contributed by atoms with Crippen molar-refractivity contribution in [1.82, 2.24) is 20.2 Å². The number of tetrazole rings is 1. The average Bonchev–Trinajstić information content (AvgIpc) is 2.88. The molecule has 2 aromatic rings. The van der Waals surface area contributed by atoms with Crippen LogP contribution in [0.4, 0.5) is 5.69 Å².